The Kier molecular flexibility index (Phi) is 9.88. The van der Waals surface area contributed by atoms with Gasteiger partial charge in [-0.3, -0.25) is 4.98 Å². The lowest BCUT2D eigenvalue weighted by Crippen LogP contribution is -2.14. The third kappa shape index (κ3) is 8.05. The Morgan fingerprint density at radius 1 is 1.00 bits per heavy atom. The highest BCUT2D eigenvalue weighted by atomic mass is 16.5. The van der Waals surface area contributed by atoms with E-state index in [0.717, 1.165) is 43.3 Å². The zero-order chi connectivity index (χ0) is 15.3. The van der Waals surface area contributed by atoms with Crippen LogP contribution < -0.4 is 10.1 Å². The highest BCUT2D eigenvalue weighted by Crippen LogP contribution is 2.17. The molecule has 0 aliphatic rings. The minimum absolute atomic E-state index is 0.782. The van der Waals surface area contributed by atoms with Crippen molar-refractivity contribution in [1.29, 1.82) is 0 Å². The average Bonchev–Trinajstić information content (AvgIpc) is 2.49. The molecule has 0 bridgehead atoms. The molecule has 0 spiro atoms. The molecule has 0 unspecified atom stereocenters. The van der Waals surface area contributed by atoms with Crippen LogP contribution in [0.25, 0.3) is 0 Å². The Bertz CT molecular complexity index is 379. The van der Waals surface area contributed by atoms with Gasteiger partial charge in [0.15, 0.2) is 0 Å². The highest BCUT2D eigenvalue weighted by Gasteiger charge is 2.05. The van der Waals surface area contributed by atoms with E-state index >= 15 is 0 Å². The van der Waals surface area contributed by atoms with Crippen LogP contribution in [-0.4, -0.2) is 18.1 Å². The van der Waals surface area contributed by atoms with Crippen LogP contribution in [0.2, 0.25) is 0 Å². The van der Waals surface area contributed by atoms with E-state index in [-0.39, 0.29) is 0 Å². The summed E-state index contributed by atoms with van der Waals surface area (Å²) in [6.07, 6.45) is 9.18. The molecule has 0 aliphatic carbocycles. The Morgan fingerprint density at radius 2 is 1.71 bits per heavy atom. The summed E-state index contributed by atoms with van der Waals surface area (Å²) in [7, 11) is 0. The first-order valence-corrected chi connectivity index (χ1v) is 8.58. The number of ether oxygens (including phenoxy) is 1. The lowest BCUT2D eigenvalue weighted by molar-refractivity contribution is 0.299. The van der Waals surface area contributed by atoms with Crippen LogP contribution in [0.5, 0.6) is 5.75 Å². The van der Waals surface area contributed by atoms with Crippen molar-refractivity contribution in [1.82, 2.24) is 10.3 Å². The molecule has 0 fully saturated rings. The number of aryl methyl sites for hydroxylation is 1. The summed E-state index contributed by atoms with van der Waals surface area (Å²) in [5.41, 5.74) is 2.07. The fraction of sp³-hybridized carbons (Fsp3) is 0.722. The monoisotopic (exact) mass is 292 g/mol. The van der Waals surface area contributed by atoms with E-state index in [0.29, 0.717) is 0 Å². The van der Waals surface area contributed by atoms with E-state index < -0.39 is 0 Å². The van der Waals surface area contributed by atoms with Gasteiger partial charge in [-0.15, -0.1) is 0 Å². The normalized spacial score (nSPS) is 10.8. The molecule has 1 aromatic rings. The summed E-state index contributed by atoms with van der Waals surface area (Å²) in [4.78, 5) is 4.57. The van der Waals surface area contributed by atoms with Crippen molar-refractivity contribution >= 4 is 0 Å². The predicted octanol–water partition coefficient (Wildman–Crippen LogP) is 4.63. The van der Waals surface area contributed by atoms with Gasteiger partial charge >= 0.3 is 0 Å². The van der Waals surface area contributed by atoms with E-state index in [9.17, 15) is 0 Å². The van der Waals surface area contributed by atoms with Crippen LogP contribution in [0.4, 0.5) is 0 Å². The molecule has 3 heteroatoms. The molecule has 0 atom stereocenters. The first kappa shape index (κ1) is 18.0. The number of nitrogens with zero attached hydrogens (tertiary/aromatic N) is 1. The maximum Gasteiger partial charge on any atom is 0.142 e. The Balaban J connectivity index is 2.24. The number of hydrogen-bond acceptors (Lipinski definition) is 3. The molecule has 1 heterocycles. The SMILES string of the molecule is CCCCCCCCCOc1ccc(C)nc1CNCC. The van der Waals surface area contributed by atoms with Gasteiger partial charge in [0.1, 0.15) is 5.75 Å². The standard InChI is InChI=1S/C18H32N2O/c1-4-6-7-8-9-10-11-14-21-18-13-12-16(3)20-17(18)15-19-5-2/h12-13,19H,4-11,14-15H2,1-3H3. The second kappa shape index (κ2) is 11.6. The molecule has 0 amide bonds. The number of unbranched alkanes of at least 4 members (excludes halogenated alkanes) is 6. The van der Waals surface area contributed by atoms with Gasteiger partial charge in [0, 0.05) is 12.2 Å². The lowest BCUT2D eigenvalue weighted by atomic mass is 10.1. The van der Waals surface area contributed by atoms with Crippen LogP contribution >= 0.6 is 0 Å². The number of nitrogens with one attached hydrogen (secondary N) is 1. The van der Waals surface area contributed by atoms with Gasteiger partial charge in [0.2, 0.25) is 0 Å². The van der Waals surface area contributed by atoms with Crippen LogP contribution in [0, 0.1) is 6.92 Å². The highest BCUT2D eigenvalue weighted by molar-refractivity contribution is 5.29. The largest absolute Gasteiger partial charge is 0.492 e. The molecule has 1 rings (SSSR count). The fourth-order valence-electron chi connectivity index (χ4n) is 2.34. The zero-order valence-corrected chi connectivity index (χ0v) is 14.1. The van der Waals surface area contributed by atoms with Crippen molar-refractivity contribution in [3.63, 3.8) is 0 Å². The van der Waals surface area contributed by atoms with Crippen LogP contribution in [0.15, 0.2) is 12.1 Å². The first-order chi connectivity index (χ1) is 10.3. The number of pyridine rings is 1. The number of rotatable bonds is 12. The van der Waals surface area contributed by atoms with E-state index in [1.165, 1.54) is 38.5 Å². The van der Waals surface area contributed by atoms with Crippen molar-refractivity contribution in [2.45, 2.75) is 72.3 Å². The van der Waals surface area contributed by atoms with E-state index in [2.05, 4.69) is 30.2 Å². The quantitative estimate of drug-likeness (QED) is 0.570. The van der Waals surface area contributed by atoms with Gasteiger partial charge < -0.3 is 10.1 Å². The molecule has 0 radical (unpaired) electrons. The minimum atomic E-state index is 0.782. The summed E-state index contributed by atoms with van der Waals surface area (Å²) in [6.45, 7) is 8.92. The molecule has 1 aromatic heterocycles. The zero-order valence-electron chi connectivity index (χ0n) is 14.1. The first-order valence-electron chi connectivity index (χ1n) is 8.58. The number of aromatic nitrogens is 1. The molecule has 0 saturated heterocycles. The van der Waals surface area contributed by atoms with Gasteiger partial charge in [-0.25, -0.2) is 0 Å². The summed E-state index contributed by atoms with van der Waals surface area (Å²) >= 11 is 0. The fourth-order valence-corrected chi connectivity index (χ4v) is 2.34. The third-order valence-electron chi connectivity index (χ3n) is 3.62. The summed E-state index contributed by atoms with van der Waals surface area (Å²) in [6, 6.07) is 4.08. The van der Waals surface area contributed by atoms with Crippen molar-refractivity contribution in [3.05, 3.63) is 23.5 Å². The van der Waals surface area contributed by atoms with Crippen LogP contribution in [-0.2, 0) is 6.54 Å². The van der Waals surface area contributed by atoms with Crippen molar-refractivity contribution in [2.75, 3.05) is 13.2 Å². The second-order valence-electron chi connectivity index (χ2n) is 5.65. The molecule has 0 saturated carbocycles. The topological polar surface area (TPSA) is 34.1 Å². The van der Waals surface area contributed by atoms with Crippen molar-refractivity contribution < 1.29 is 4.74 Å². The molecule has 21 heavy (non-hydrogen) atoms. The Labute approximate surface area is 130 Å². The van der Waals surface area contributed by atoms with E-state index in [1.54, 1.807) is 0 Å². The van der Waals surface area contributed by atoms with Gasteiger partial charge in [-0.2, -0.15) is 0 Å². The second-order valence-corrected chi connectivity index (χ2v) is 5.65. The lowest BCUT2D eigenvalue weighted by Gasteiger charge is -2.12. The summed E-state index contributed by atoms with van der Waals surface area (Å²) in [5.74, 6) is 0.938. The maximum atomic E-state index is 5.91. The van der Waals surface area contributed by atoms with Crippen molar-refractivity contribution in [2.24, 2.45) is 0 Å². The van der Waals surface area contributed by atoms with E-state index in [4.69, 9.17) is 4.74 Å². The van der Waals surface area contributed by atoms with Gasteiger partial charge in [-0.1, -0.05) is 52.4 Å². The molecular formula is C18H32N2O. The third-order valence-corrected chi connectivity index (χ3v) is 3.62. The molecule has 0 aromatic carbocycles. The predicted molar refractivity (Wildman–Crippen MR) is 89.8 cm³/mol. The van der Waals surface area contributed by atoms with Gasteiger partial charge in [-0.05, 0) is 32.0 Å². The van der Waals surface area contributed by atoms with Gasteiger partial charge in [0.25, 0.3) is 0 Å². The smallest absolute Gasteiger partial charge is 0.142 e. The summed E-state index contributed by atoms with van der Waals surface area (Å²) in [5, 5.41) is 3.32. The van der Waals surface area contributed by atoms with Crippen LogP contribution in [0.3, 0.4) is 0 Å². The average molecular weight is 292 g/mol. The van der Waals surface area contributed by atoms with Gasteiger partial charge in [0.05, 0.1) is 12.3 Å². The molecule has 120 valence electrons. The van der Waals surface area contributed by atoms with Crippen molar-refractivity contribution in [3.8, 4) is 5.75 Å². The Morgan fingerprint density at radius 3 is 2.43 bits per heavy atom. The Hall–Kier alpha value is -1.09. The maximum absolute atomic E-state index is 5.91. The molecule has 0 aliphatic heterocycles. The molecular weight excluding hydrogens is 260 g/mol. The van der Waals surface area contributed by atoms with E-state index in [1.807, 2.05) is 13.0 Å². The van der Waals surface area contributed by atoms with Crippen LogP contribution in [0.1, 0.15) is 70.2 Å². The summed E-state index contributed by atoms with van der Waals surface area (Å²) < 4.78 is 5.91. The number of hydrogen-bond donors (Lipinski definition) is 1. The molecule has 1 N–H and O–H groups in total. The minimum Gasteiger partial charge on any atom is -0.492 e. The molecule has 3 nitrogen and oxygen atoms in total.